The Morgan fingerprint density at radius 1 is 0.325 bits per heavy atom. The lowest BCUT2D eigenvalue weighted by atomic mass is 9.79. The fourth-order valence-corrected chi connectivity index (χ4v) is 12.9. The highest BCUT2D eigenvalue weighted by Gasteiger charge is 2.47. The Balaban J connectivity index is 1.57. The molecule has 3 fully saturated rings. The molecule has 43 nitrogen and oxygen atoms in total. The third-order valence-corrected chi connectivity index (χ3v) is 19.4. The lowest BCUT2D eigenvalue weighted by Gasteiger charge is -2.42. The highest BCUT2D eigenvalue weighted by Crippen LogP contribution is 2.30. The molecular formula is C77H138N10O33. The van der Waals surface area contributed by atoms with E-state index in [0.717, 1.165) is 0 Å². The van der Waals surface area contributed by atoms with Crippen molar-refractivity contribution in [3.63, 3.8) is 0 Å². The summed E-state index contributed by atoms with van der Waals surface area (Å²) >= 11 is 0. The fraction of sp³-hybridized carbons (Fsp3) is 0.857. The third-order valence-electron chi connectivity index (χ3n) is 19.4. The number of carbonyl (C=O) groups is 11. The van der Waals surface area contributed by atoms with Gasteiger partial charge in [-0.05, 0) is 70.6 Å². The lowest BCUT2D eigenvalue weighted by Crippen LogP contribution is -2.64. The quantitative estimate of drug-likeness (QED) is 0.0252. The molecule has 20 N–H and O–H groups in total. The van der Waals surface area contributed by atoms with Gasteiger partial charge in [0.15, 0.2) is 6.29 Å². The topological polar surface area (TPSA) is 621 Å². The molecule has 0 spiro atoms. The maximum Gasteiger partial charge on any atom is 0.305 e. The summed E-state index contributed by atoms with van der Waals surface area (Å²) in [6, 6.07) is -2.87. The zero-order chi connectivity index (χ0) is 88.3. The number of unbranched alkanes of at least 4 members (excludes halogenated alkanes) is 3. The molecule has 2 aliphatic carbocycles. The van der Waals surface area contributed by atoms with Crippen LogP contribution < -0.4 is 53.2 Å². The second-order valence-corrected chi connectivity index (χ2v) is 29.6. The van der Waals surface area contributed by atoms with Crippen molar-refractivity contribution in [3.8, 4) is 0 Å². The van der Waals surface area contributed by atoms with E-state index in [9.17, 15) is 98.7 Å². The Morgan fingerprint density at radius 2 is 0.625 bits per heavy atom. The van der Waals surface area contributed by atoms with E-state index in [2.05, 4.69) is 53.2 Å². The van der Waals surface area contributed by atoms with E-state index in [0.29, 0.717) is 64.4 Å². The minimum atomic E-state index is -1.50. The van der Waals surface area contributed by atoms with Crippen molar-refractivity contribution >= 4 is 65.0 Å². The molecule has 3 rings (SSSR count). The molecule has 120 heavy (non-hydrogen) atoms. The maximum absolute atomic E-state index is 13.9. The van der Waals surface area contributed by atoms with Crippen LogP contribution in [-0.2, 0) is 110 Å². The Bertz CT molecular complexity index is 2660. The van der Waals surface area contributed by atoms with Gasteiger partial charge in [0.05, 0.1) is 155 Å². The molecule has 3 unspecified atom stereocenters. The van der Waals surface area contributed by atoms with Gasteiger partial charge in [0.2, 0.25) is 59.1 Å². The van der Waals surface area contributed by atoms with Crippen LogP contribution >= 0.6 is 0 Å². The summed E-state index contributed by atoms with van der Waals surface area (Å²) in [7, 11) is 0. The van der Waals surface area contributed by atoms with Crippen LogP contribution in [-0.4, -0.2) is 386 Å². The van der Waals surface area contributed by atoms with E-state index in [1.807, 2.05) is 0 Å². The van der Waals surface area contributed by atoms with Crippen molar-refractivity contribution < 1.29 is 161 Å². The van der Waals surface area contributed by atoms with Gasteiger partial charge in [-0.15, -0.1) is 0 Å². The summed E-state index contributed by atoms with van der Waals surface area (Å²) < 4.78 is 68.7. The average Bonchev–Trinajstić information content (AvgIpc) is 0.819. The van der Waals surface area contributed by atoms with Crippen molar-refractivity contribution in [2.24, 2.45) is 11.8 Å². The summed E-state index contributed by atoms with van der Waals surface area (Å²) in [6.45, 7) is 4.71. The minimum absolute atomic E-state index is 0.0522. The summed E-state index contributed by atoms with van der Waals surface area (Å²) in [5.74, 6) is -6.03. The first-order chi connectivity index (χ1) is 57.6. The van der Waals surface area contributed by atoms with Crippen molar-refractivity contribution in [1.29, 1.82) is 0 Å². The molecule has 0 aromatic rings. The van der Waals surface area contributed by atoms with Crippen molar-refractivity contribution in [1.82, 2.24) is 53.2 Å². The first-order valence-corrected chi connectivity index (χ1v) is 41.6. The average molecular weight is 1730 g/mol. The van der Waals surface area contributed by atoms with Gasteiger partial charge in [-0.2, -0.15) is 0 Å². The first-order valence-electron chi connectivity index (χ1n) is 41.6. The molecule has 0 aromatic heterocycles. The number of aliphatic hydroxyl groups excluding tert-OH is 9. The van der Waals surface area contributed by atoms with E-state index >= 15 is 0 Å². The van der Waals surface area contributed by atoms with E-state index in [1.54, 1.807) is 0 Å². The van der Waals surface area contributed by atoms with E-state index in [-0.39, 0.29) is 253 Å². The molecule has 0 aromatic carbocycles. The number of nitrogens with one attached hydrogen (secondary N) is 10. The molecule has 0 radical (unpaired) electrons. The Morgan fingerprint density at radius 3 is 0.958 bits per heavy atom. The molecule has 43 heteroatoms. The fourth-order valence-electron chi connectivity index (χ4n) is 12.9. The normalized spacial score (nSPS) is 23.3. The van der Waals surface area contributed by atoms with Crippen LogP contribution in [0, 0.1) is 11.8 Å². The number of ether oxygens (including phenoxy) is 12. The largest absolute Gasteiger partial charge is 0.481 e. The standard InChI is InChI=1S/C77H138N10O33/c1-51(91)84-67-56(43-54(45-88)70(103)73(67)106)117-27-7-4-13-59(94)78-21-10-24-81-62(97)16-31-114-48-77(87-65(100)19-30-109-35-37-111-39-41-113-42-40-112-38-36-110-34-20-66(101)102,49-115-32-17-63(98)82-25-11-22-79-60(95)14-5-8-28-118-57-44-55(46-89)71(104)74(107)68(57)85-52(2)92)50-116-33-18-64(99)83-26-12-23-80-61(96)15-6-9-29-119-76-69(86-53(3)93)75(108)72(105)58(47-90)120-76/h54-58,67-76,88-90,103-108H,4-50H2,1-3H3,(H,78,94)(H,79,95)(H,80,96)(H,81,97)(H,82,98)(H,83,99)(H,84,91)(H,85,92)(H,86,93)(H,87,100)(H,101,102)/t54-,55-,56-,57-,58-,67?,68?,69?,70+,71+,72+,73-,74-,75-,76-,77?/m1/s1. The Hall–Kier alpha value is -6.67. The zero-order valence-corrected chi connectivity index (χ0v) is 69.8. The molecule has 3 aliphatic rings. The highest BCUT2D eigenvalue weighted by atomic mass is 16.7. The van der Waals surface area contributed by atoms with Crippen LogP contribution in [0.4, 0.5) is 0 Å². The summed E-state index contributed by atoms with van der Waals surface area (Å²) in [5.41, 5.74) is -1.50. The molecule has 15 atom stereocenters. The molecule has 2 saturated carbocycles. The second kappa shape index (κ2) is 65.0. The van der Waals surface area contributed by atoms with Gasteiger partial charge in [-0.25, -0.2) is 0 Å². The number of rotatable bonds is 70. The molecule has 1 heterocycles. The molecule has 1 saturated heterocycles. The number of amides is 10. The number of hydrogen-bond acceptors (Lipinski definition) is 32. The molecular weight excluding hydrogens is 1590 g/mol. The third kappa shape index (κ3) is 47.8. The van der Waals surface area contributed by atoms with E-state index < -0.39 is 151 Å². The molecule has 0 bridgehead atoms. The van der Waals surface area contributed by atoms with Gasteiger partial charge < -0.3 is 161 Å². The smallest absolute Gasteiger partial charge is 0.305 e. The Kier molecular flexibility index (Phi) is 58.3. The van der Waals surface area contributed by atoms with E-state index in [1.165, 1.54) is 20.8 Å². The van der Waals surface area contributed by atoms with Crippen LogP contribution in [0.5, 0.6) is 0 Å². The SMILES string of the molecule is CC(=O)NC1[C@H](OCCCCC(=O)NCCCNC(=O)CCOCC(COCCC(=O)NCCCNC(=O)CCCCO[C@@H]2C[C@H](CO)[C@H](O)[C@H](O)C2NC(C)=O)(COCCC(=O)NCCCNC(=O)CCCCO[C@@H]2C[C@H](CO)[C@H](O)[C@H](O)C2NC(C)=O)NC(=O)CCOCCOCCOCCOCCOCCC(=O)O)O[C@H](CO)[C@H](O)[C@@H]1O. The predicted molar refractivity (Wildman–Crippen MR) is 422 cm³/mol. The van der Waals surface area contributed by atoms with Gasteiger partial charge in [-0.1, -0.05) is 0 Å². The summed E-state index contributed by atoms with van der Waals surface area (Å²) in [4.78, 5) is 137. The van der Waals surface area contributed by atoms with Gasteiger partial charge in [0.25, 0.3) is 0 Å². The predicted octanol–water partition coefficient (Wildman–Crippen LogP) is -6.40. The maximum atomic E-state index is 13.9. The molecule has 694 valence electrons. The molecule has 10 amide bonds. The van der Waals surface area contributed by atoms with Gasteiger partial charge >= 0.3 is 5.97 Å². The summed E-state index contributed by atoms with van der Waals surface area (Å²) in [5, 5.41) is 128. The van der Waals surface area contributed by atoms with Crippen molar-refractivity contribution in [3.05, 3.63) is 0 Å². The van der Waals surface area contributed by atoms with Crippen LogP contribution in [0.15, 0.2) is 0 Å². The van der Waals surface area contributed by atoms with Crippen molar-refractivity contribution in [2.45, 2.75) is 228 Å². The van der Waals surface area contributed by atoms with Crippen LogP contribution in [0.1, 0.15) is 143 Å². The minimum Gasteiger partial charge on any atom is -0.481 e. The number of aliphatic carboxylic acids is 1. The van der Waals surface area contributed by atoms with E-state index in [4.69, 9.17) is 61.9 Å². The number of carboxylic acids is 1. The summed E-state index contributed by atoms with van der Waals surface area (Å²) in [6.07, 6.45) is -7.84. The van der Waals surface area contributed by atoms with Crippen LogP contribution in [0.3, 0.4) is 0 Å². The van der Waals surface area contributed by atoms with Crippen LogP contribution in [0.25, 0.3) is 0 Å². The monoisotopic (exact) mass is 1730 g/mol. The van der Waals surface area contributed by atoms with Gasteiger partial charge in [-0.3, -0.25) is 52.7 Å². The zero-order valence-electron chi connectivity index (χ0n) is 69.8. The van der Waals surface area contributed by atoms with Gasteiger partial charge in [0.1, 0.15) is 42.1 Å². The highest BCUT2D eigenvalue weighted by molar-refractivity contribution is 5.79. The number of aliphatic hydroxyl groups is 9. The second-order valence-electron chi connectivity index (χ2n) is 29.6. The van der Waals surface area contributed by atoms with Crippen LogP contribution in [0.2, 0.25) is 0 Å². The van der Waals surface area contributed by atoms with Crippen molar-refractivity contribution in [2.75, 3.05) is 185 Å². The Labute approximate surface area is 700 Å². The number of carbonyl (C=O) groups excluding carboxylic acids is 10. The first kappa shape index (κ1) is 108. The number of hydrogen-bond donors (Lipinski definition) is 20. The number of carboxylic acid groups (broad SMARTS) is 1. The lowest BCUT2D eigenvalue weighted by molar-refractivity contribution is -0.270. The molecule has 1 aliphatic heterocycles. The van der Waals surface area contributed by atoms with Gasteiger partial charge in [0, 0.05) is 150 Å².